The van der Waals surface area contributed by atoms with E-state index in [0.717, 1.165) is 0 Å². The van der Waals surface area contributed by atoms with Crippen molar-refractivity contribution < 1.29 is 9.32 Å². The zero-order valence-corrected chi connectivity index (χ0v) is 10.6. The van der Waals surface area contributed by atoms with Gasteiger partial charge in [-0.05, 0) is 18.2 Å². The van der Waals surface area contributed by atoms with Gasteiger partial charge < -0.3 is 15.6 Å². The van der Waals surface area contributed by atoms with Crippen LogP contribution in [0.2, 0.25) is 5.02 Å². The summed E-state index contributed by atoms with van der Waals surface area (Å²) in [5.41, 5.74) is 6.64. The smallest absolute Gasteiger partial charge is 0.277 e. The van der Waals surface area contributed by atoms with Crippen molar-refractivity contribution in [3.8, 4) is 11.8 Å². The van der Waals surface area contributed by atoms with Crippen LogP contribution >= 0.6 is 11.6 Å². The standard InChI is InChI=1S/C13H10ClN3O2/c14-10-4-3-9(2-1-6-15)12(8-10)16-13(18)11-5-7-19-17-11/h3-5,7-8H,6,15H2,(H,16,18). The fourth-order valence-corrected chi connectivity index (χ4v) is 1.56. The van der Waals surface area contributed by atoms with E-state index >= 15 is 0 Å². The lowest BCUT2D eigenvalue weighted by molar-refractivity contribution is 0.101. The number of halogens is 1. The summed E-state index contributed by atoms with van der Waals surface area (Å²) >= 11 is 5.90. The lowest BCUT2D eigenvalue weighted by Gasteiger charge is -2.06. The van der Waals surface area contributed by atoms with Crippen molar-refractivity contribution in [3.63, 3.8) is 0 Å². The van der Waals surface area contributed by atoms with Crippen molar-refractivity contribution in [1.29, 1.82) is 0 Å². The van der Waals surface area contributed by atoms with Crippen LogP contribution < -0.4 is 11.1 Å². The van der Waals surface area contributed by atoms with E-state index in [1.807, 2.05) is 0 Å². The van der Waals surface area contributed by atoms with Crippen LogP contribution in [0.3, 0.4) is 0 Å². The number of hydrogen-bond acceptors (Lipinski definition) is 4. The molecule has 96 valence electrons. The second-order valence-electron chi connectivity index (χ2n) is 3.53. The van der Waals surface area contributed by atoms with Crippen LogP contribution in [0.15, 0.2) is 35.1 Å². The molecule has 1 aromatic heterocycles. The molecule has 5 nitrogen and oxygen atoms in total. The summed E-state index contributed by atoms with van der Waals surface area (Å²) in [4.78, 5) is 11.9. The van der Waals surface area contributed by atoms with Gasteiger partial charge in [0.25, 0.3) is 5.91 Å². The van der Waals surface area contributed by atoms with Crippen molar-refractivity contribution >= 4 is 23.2 Å². The second kappa shape index (κ2) is 6.05. The third-order valence-corrected chi connectivity index (χ3v) is 2.46. The fraction of sp³-hybridized carbons (Fsp3) is 0.0769. The van der Waals surface area contributed by atoms with Gasteiger partial charge in [0.15, 0.2) is 5.69 Å². The molecule has 0 spiro atoms. The molecule has 0 aliphatic heterocycles. The Morgan fingerprint density at radius 1 is 1.47 bits per heavy atom. The number of amides is 1. The first-order chi connectivity index (χ1) is 9.20. The molecule has 0 unspecified atom stereocenters. The van der Waals surface area contributed by atoms with Gasteiger partial charge >= 0.3 is 0 Å². The number of carbonyl (C=O) groups is 1. The van der Waals surface area contributed by atoms with E-state index in [0.29, 0.717) is 16.3 Å². The van der Waals surface area contributed by atoms with E-state index in [2.05, 4.69) is 26.8 Å². The Hall–Kier alpha value is -2.29. The van der Waals surface area contributed by atoms with Gasteiger partial charge in [0.05, 0.1) is 12.2 Å². The van der Waals surface area contributed by atoms with E-state index in [1.165, 1.54) is 12.3 Å². The number of hydrogen-bond donors (Lipinski definition) is 2. The van der Waals surface area contributed by atoms with Gasteiger partial charge in [-0.1, -0.05) is 28.6 Å². The Morgan fingerprint density at radius 2 is 2.32 bits per heavy atom. The minimum atomic E-state index is -0.396. The van der Waals surface area contributed by atoms with Gasteiger partial charge in [-0.3, -0.25) is 4.79 Å². The van der Waals surface area contributed by atoms with Crippen molar-refractivity contribution in [2.24, 2.45) is 5.73 Å². The molecule has 0 aliphatic carbocycles. The summed E-state index contributed by atoms with van der Waals surface area (Å²) in [5.74, 6) is 5.18. The molecule has 19 heavy (non-hydrogen) atoms. The number of nitrogens with two attached hydrogens (primary N) is 1. The largest absolute Gasteiger partial charge is 0.364 e. The molecule has 1 amide bonds. The average molecular weight is 276 g/mol. The number of nitrogens with one attached hydrogen (secondary N) is 1. The number of nitrogens with zero attached hydrogens (tertiary/aromatic N) is 1. The van der Waals surface area contributed by atoms with Crippen molar-refractivity contribution in [2.75, 3.05) is 11.9 Å². The summed E-state index contributed by atoms with van der Waals surface area (Å²) in [6.07, 6.45) is 1.32. The van der Waals surface area contributed by atoms with Crippen molar-refractivity contribution in [1.82, 2.24) is 5.16 Å². The maximum Gasteiger partial charge on any atom is 0.277 e. The molecule has 3 N–H and O–H groups in total. The highest BCUT2D eigenvalue weighted by Gasteiger charge is 2.11. The number of anilines is 1. The van der Waals surface area contributed by atoms with Crippen LogP contribution in [-0.4, -0.2) is 17.6 Å². The number of rotatable bonds is 2. The Kier molecular flexibility index (Phi) is 4.18. The highest BCUT2D eigenvalue weighted by Crippen LogP contribution is 2.21. The van der Waals surface area contributed by atoms with Gasteiger partial charge in [-0.25, -0.2) is 0 Å². The van der Waals surface area contributed by atoms with E-state index in [4.69, 9.17) is 17.3 Å². The van der Waals surface area contributed by atoms with Crippen molar-refractivity contribution in [3.05, 3.63) is 46.8 Å². The molecule has 1 heterocycles. The molecule has 0 atom stereocenters. The monoisotopic (exact) mass is 275 g/mol. The van der Waals surface area contributed by atoms with Crippen LogP contribution in [-0.2, 0) is 0 Å². The third kappa shape index (κ3) is 3.35. The molecule has 0 saturated heterocycles. The topological polar surface area (TPSA) is 81.1 Å². The summed E-state index contributed by atoms with van der Waals surface area (Å²) in [6, 6.07) is 6.47. The average Bonchev–Trinajstić information content (AvgIpc) is 2.92. The van der Waals surface area contributed by atoms with Crippen LogP contribution in [0.4, 0.5) is 5.69 Å². The van der Waals surface area contributed by atoms with E-state index in [-0.39, 0.29) is 12.2 Å². The first kappa shape index (κ1) is 13.1. The third-order valence-electron chi connectivity index (χ3n) is 2.23. The minimum absolute atomic E-state index is 0.178. The molecule has 0 bridgehead atoms. The molecule has 2 rings (SSSR count). The molecule has 0 saturated carbocycles. The zero-order chi connectivity index (χ0) is 13.7. The highest BCUT2D eigenvalue weighted by molar-refractivity contribution is 6.31. The number of benzene rings is 1. The maximum absolute atomic E-state index is 11.9. The maximum atomic E-state index is 11.9. The highest BCUT2D eigenvalue weighted by atomic mass is 35.5. The SMILES string of the molecule is NCC#Cc1ccc(Cl)cc1NC(=O)c1ccon1. The Morgan fingerprint density at radius 3 is 3.00 bits per heavy atom. The van der Waals surface area contributed by atoms with Crippen LogP contribution in [0, 0.1) is 11.8 Å². The predicted molar refractivity (Wildman–Crippen MR) is 71.8 cm³/mol. The predicted octanol–water partition coefficient (Wildman–Crippen LogP) is 1.89. The van der Waals surface area contributed by atoms with Gasteiger partial charge in [-0.15, -0.1) is 0 Å². The fourth-order valence-electron chi connectivity index (χ4n) is 1.39. The summed E-state index contributed by atoms with van der Waals surface area (Å²) in [6.45, 7) is 0.235. The molecule has 0 radical (unpaired) electrons. The molecular weight excluding hydrogens is 266 g/mol. The van der Waals surface area contributed by atoms with E-state index in [1.54, 1.807) is 18.2 Å². The van der Waals surface area contributed by atoms with Crippen LogP contribution in [0.1, 0.15) is 16.1 Å². The number of carbonyl (C=O) groups excluding carboxylic acids is 1. The first-order valence-corrected chi connectivity index (χ1v) is 5.78. The normalized spacial score (nSPS) is 9.58. The van der Waals surface area contributed by atoms with E-state index in [9.17, 15) is 4.79 Å². The lowest BCUT2D eigenvalue weighted by atomic mass is 10.1. The summed E-state index contributed by atoms with van der Waals surface area (Å²) in [5, 5.41) is 6.72. The van der Waals surface area contributed by atoms with Gasteiger partial charge in [-0.2, -0.15) is 0 Å². The van der Waals surface area contributed by atoms with Gasteiger partial charge in [0.1, 0.15) is 6.26 Å². The quantitative estimate of drug-likeness (QED) is 0.820. The molecular formula is C13H10ClN3O2. The van der Waals surface area contributed by atoms with Gasteiger partial charge in [0.2, 0.25) is 0 Å². The van der Waals surface area contributed by atoms with E-state index < -0.39 is 5.91 Å². The molecule has 2 aromatic rings. The number of aromatic nitrogens is 1. The Labute approximate surface area is 114 Å². The summed E-state index contributed by atoms with van der Waals surface area (Å²) in [7, 11) is 0. The first-order valence-electron chi connectivity index (χ1n) is 5.41. The Balaban J connectivity index is 2.28. The van der Waals surface area contributed by atoms with Gasteiger partial charge in [0, 0.05) is 16.7 Å². The lowest BCUT2D eigenvalue weighted by Crippen LogP contribution is -2.13. The van der Waals surface area contributed by atoms with Crippen molar-refractivity contribution in [2.45, 2.75) is 0 Å². The molecule has 0 aliphatic rings. The molecule has 6 heteroatoms. The zero-order valence-electron chi connectivity index (χ0n) is 9.81. The summed E-state index contributed by atoms with van der Waals surface area (Å²) < 4.78 is 4.61. The molecule has 0 fully saturated rings. The minimum Gasteiger partial charge on any atom is -0.364 e. The Bertz CT molecular complexity index is 642. The second-order valence-corrected chi connectivity index (χ2v) is 3.97. The van der Waals surface area contributed by atoms with Crippen LogP contribution in [0.5, 0.6) is 0 Å². The van der Waals surface area contributed by atoms with Crippen LogP contribution in [0.25, 0.3) is 0 Å². The molecule has 1 aromatic carbocycles.